The van der Waals surface area contributed by atoms with Crippen LogP contribution in [0.2, 0.25) is 0 Å². The maximum atomic E-state index is 13.5. The second-order valence-corrected chi connectivity index (χ2v) is 8.15. The second-order valence-electron chi connectivity index (χ2n) is 8.15. The van der Waals surface area contributed by atoms with Gasteiger partial charge in [0.15, 0.2) is 11.5 Å². The Kier molecular flexibility index (Phi) is 5.97. The first-order valence-electron chi connectivity index (χ1n) is 10.4. The fourth-order valence-corrected chi connectivity index (χ4v) is 4.02. The number of hydrogen-bond acceptors (Lipinski definition) is 7. The van der Waals surface area contributed by atoms with E-state index in [1.807, 2.05) is 25.1 Å². The van der Waals surface area contributed by atoms with Gasteiger partial charge in [0.25, 0.3) is 11.6 Å². The van der Waals surface area contributed by atoms with Gasteiger partial charge < -0.3 is 19.3 Å². The molecule has 0 saturated carbocycles. The molecule has 1 amide bonds. The van der Waals surface area contributed by atoms with Crippen LogP contribution in [0.15, 0.2) is 70.3 Å². The largest absolute Gasteiger partial charge is 0.503 e. The molecule has 2 heterocycles. The van der Waals surface area contributed by atoms with Crippen molar-refractivity contribution in [2.24, 2.45) is 0 Å². The lowest BCUT2D eigenvalue weighted by molar-refractivity contribution is -0.384. The van der Waals surface area contributed by atoms with Crippen LogP contribution in [0.1, 0.15) is 28.6 Å². The summed E-state index contributed by atoms with van der Waals surface area (Å²) in [6.45, 7) is 0.990. The van der Waals surface area contributed by atoms with Crippen molar-refractivity contribution in [3.05, 3.63) is 87.4 Å². The van der Waals surface area contributed by atoms with Gasteiger partial charge in [0.2, 0.25) is 5.78 Å². The van der Waals surface area contributed by atoms with E-state index >= 15 is 0 Å². The van der Waals surface area contributed by atoms with E-state index in [0.29, 0.717) is 30.7 Å². The van der Waals surface area contributed by atoms with Crippen molar-refractivity contribution in [2.45, 2.75) is 12.5 Å². The smallest absolute Gasteiger partial charge is 0.290 e. The summed E-state index contributed by atoms with van der Waals surface area (Å²) in [7, 11) is 3.82. The fourth-order valence-electron chi connectivity index (χ4n) is 4.02. The van der Waals surface area contributed by atoms with Gasteiger partial charge in [-0.3, -0.25) is 19.7 Å². The van der Waals surface area contributed by atoms with E-state index in [1.165, 1.54) is 29.2 Å². The summed E-state index contributed by atoms with van der Waals surface area (Å²) in [5.74, 6) is -1.88. The van der Waals surface area contributed by atoms with Crippen LogP contribution in [0.4, 0.5) is 5.69 Å². The zero-order chi connectivity index (χ0) is 23.7. The Hall–Kier alpha value is -3.98. The maximum Gasteiger partial charge on any atom is 0.290 e. The van der Waals surface area contributed by atoms with Crippen molar-refractivity contribution < 1.29 is 24.0 Å². The quantitative estimate of drug-likeness (QED) is 0.315. The average molecular weight is 449 g/mol. The summed E-state index contributed by atoms with van der Waals surface area (Å²) in [4.78, 5) is 40.4. The number of nitro benzene ring substituents is 1. The van der Waals surface area contributed by atoms with Crippen molar-refractivity contribution in [1.29, 1.82) is 0 Å². The third-order valence-electron chi connectivity index (χ3n) is 5.62. The first-order chi connectivity index (χ1) is 15.8. The summed E-state index contributed by atoms with van der Waals surface area (Å²) in [5.41, 5.74) is 0.792. The molecule has 0 fully saturated rings. The monoisotopic (exact) mass is 449 g/mol. The number of carbonyl (C=O) groups is 2. The molecule has 4 rings (SSSR count). The highest BCUT2D eigenvalue weighted by Gasteiger charge is 2.44. The molecule has 2 aromatic carbocycles. The molecule has 33 heavy (non-hydrogen) atoms. The normalized spacial score (nSPS) is 16.3. The van der Waals surface area contributed by atoms with Crippen molar-refractivity contribution in [1.82, 2.24) is 9.80 Å². The summed E-state index contributed by atoms with van der Waals surface area (Å²) in [5, 5.41) is 22.5. The number of furan rings is 1. The van der Waals surface area contributed by atoms with Crippen molar-refractivity contribution >= 4 is 28.3 Å². The molecule has 170 valence electrons. The van der Waals surface area contributed by atoms with E-state index < -0.39 is 28.4 Å². The molecule has 9 nitrogen and oxygen atoms in total. The Bertz CT molecular complexity index is 1230. The van der Waals surface area contributed by atoms with Gasteiger partial charge in [0, 0.05) is 24.1 Å². The average Bonchev–Trinajstić information content (AvgIpc) is 3.33. The minimum atomic E-state index is -0.888. The standard InChI is InChI=1S/C24H23N3O6/c1-25(2)12-5-13-26-21(15-8-10-17(11-9-15)27(31)32)20(23(29)24(26)30)22(28)19-14-16-6-3-4-7-18(16)33-19/h3-4,6-11,14,21,29H,5,12-13H2,1-2H3/t21-/m1/s1. The number of non-ortho nitro benzene ring substituents is 1. The molecule has 0 unspecified atom stereocenters. The molecule has 1 aromatic heterocycles. The molecule has 1 aliphatic heterocycles. The molecule has 3 aromatic rings. The summed E-state index contributed by atoms with van der Waals surface area (Å²) < 4.78 is 5.69. The van der Waals surface area contributed by atoms with Gasteiger partial charge in [0.05, 0.1) is 16.5 Å². The number of amides is 1. The van der Waals surface area contributed by atoms with Gasteiger partial charge in [-0.25, -0.2) is 0 Å². The third-order valence-corrected chi connectivity index (χ3v) is 5.62. The van der Waals surface area contributed by atoms with E-state index in [2.05, 4.69) is 0 Å². The van der Waals surface area contributed by atoms with Crippen molar-refractivity contribution in [3.63, 3.8) is 0 Å². The van der Waals surface area contributed by atoms with Crippen LogP contribution in [0.5, 0.6) is 0 Å². The number of benzene rings is 2. The van der Waals surface area contributed by atoms with Crippen LogP contribution in [-0.2, 0) is 4.79 Å². The topological polar surface area (TPSA) is 117 Å². The molecule has 1 atom stereocenters. The van der Waals surface area contributed by atoms with E-state index in [9.17, 15) is 24.8 Å². The molecule has 0 spiro atoms. The number of para-hydroxylation sites is 1. The predicted octanol–water partition coefficient (Wildman–Crippen LogP) is 3.87. The zero-order valence-corrected chi connectivity index (χ0v) is 18.2. The summed E-state index contributed by atoms with van der Waals surface area (Å²) in [6.07, 6.45) is 0.613. The molecular formula is C24H23N3O6. The molecule has 0 radical (unpaired) electrons. The predicted molar refractivity (Wildman–Crippen MR) is 121 cm³/mol. The fraction of sp³-hybridized carbons (Fsp3) is 0.250. The Morgan fingerprint density at radius 3 is 2.52 bits per heavy atom. The number of Topliss-reactive ketones (excluding diaryl/α,β-unsaturated/α-hetero) is 1. The second kappa shape index (κ2) is 8.87. The molecule has 9 heteroatoms. The number of aliphatic hydroxyl groups excluding tert-OH is 1. The van der Waals surface area contributed by atoms with Crippen LogP contribution in [-0.4, -0.2) is 58.7 Å². The number of carbonyl (C=O) groups excluding carboxylic acids is 2. The van der Waals surface area contributed by atoms with Gasteiger partial charge in [-0.2, -0.15) is 0 Å². The molecule has 0 bridgehead atoms. The molecule has 1 N–H and O–H groups in total. The van der Waals surface area contributed by atoms with E-state index in [1.54, 1.807) is 24.3 Å². The highest BCUT2D eigenvalue weighted by Crippen LogP contribution is 2.40. The molecule has 0 aliphatic carbocycles. The van der Waals surface area contributed by atoms with Gasteiger partial charge in [-0.1, -0.05) is 18.2 Å². The van der Waals surface area contributed by atoms with Crippen LogP contribution in [0.25, 0.3) is 11.0 Å². The third kappa shape index (κ3) is 4.22. The van der Waals surface area contributed by atoms with Crippen LogP contribution in [0, 0.1) is 10.1 Å². The van der Waals surface area contributed by atoms with Crippen LogP contribution < -0.4 is 0 Å². The van der Waals surface area contributed by atoms with E-state index in [-0.39, 0.29) is 17.0 Å². The molecule has 0 saturated heterocycles. The number of ketones is 1. The first kappa shape index (κ1) is 22.2. The van der Waals surface area contributed by atoms with Crippen LogP contribution in [0.3, 0.4) is 0 Å². The lowest BCUT2D eigenvalue weighted by Crippen LogP contribution is -2.33. The van der Waals surface area contributed by atoms with E-state index in [0.717, 1.165) is 5.39 Å². The minimum Gasteiger partial charge on any atom is -0.503 e. The van der Waals surface area contributed by atoms with E-state index in [4.69, 9.17) is 4.42 Å². The van der Waals surface area contributed by atoms with Gasteiger partial charge in [-0.05, 0) is 56.9 Å². The Balaban J connectivity index is 1.75. The Morgan fingerprint density at radius 2 is 1.88 bits per heavy atom. The highest BCUT2D eigenvalue weighted by atomic mass is 16.6. The Labute approximate surface area is 189 Å². The minimum absolute atomic E-state index is 0.00704. The lowest BCUT2D eigenvalue weighted by atomic mass is 9.94. The molecule has 1 aliphatic rings. The van der Waals surface area contributed by atoms with Gasteiger partial charge >= 0.3 is 0 Å². The van der Waals surface area contributed by atoms with Crippen molar-refractivity contribution in [2.75, 3.05) is 27.2 Å². The first-order valence-corrected chi connectivity index (χ1v) is 10.4. The van der Waals surface area contributed by atoms with Gasteiger partial charge in [-0.15, -0.1) is 0 Å². The molecular weight excluding hydrogens is 426 g/mol. The van der Waals surface area contributed by atoms with Crippen molar-refractivity contribution in [3.8, 4) is 0 Å². The summed E-state index contributed by atoms with van der Waals surface area (Å²) in [6, 6.07) is 13.4. The number of rotatable bonds is 8. The Morgan fingerprint density at radius 1 is 1.18 bits per heavy atom. The SMILES string of the molecule is CN(C)CCCN1C(=O)C(O)=C(C(=O)c2cc3ccccc3o2)[C@H]1c1ccc([N+](=O)[O-])cc1. The zero-order valence-electron chi connectivity index (χ0n) is 18.2. The van der Waals surface area contributed by atoms with Crippen LogP contribution >= 0.6 is 0 Å². The summed E-state index contributed by atoms with van der Waals surface area (Å²) >= 11 is 0. The number of fused-ring (bicyclic) bond motifs is 1. The van der Waals surface area contributed by atoms with Gasteiger partial charge in [0.1, 0.15) is 5.58 Å². The lowest BCUT2D eigenvalue weighted by Gasteiger charge is -2.27. The number of hydrogen-bond donors (Lipinski definition) is 1. The number of nitrogens with zero attached hydrogens (tertiary/aromatic N) is 3. The highest BCUT2D eigenvalue weighted by molar-refractivity contribution is 6.16. The number of aliphatic hydroxyl groups is 1. The number of nitro groups is 1. The maximum absolute atomic E-state index is 13.5.